The number of aliphatic hydroxyl groups is 1. The average Bonchev–Trinajstić information content (AvgIpc) is 2.96. The van der Waals surface area contributed by atoms with Gasteiger partial charge in [-0.05, 0) is 64.6 Å². The largest absolute Gasteiger partial charge is 0.465 e. The highest BCUT2D eigenvalue weighted by Crippen LogP contribution is 2.47. The minimum atomic E-state index is -0.516. The van der Waals surface area contributed by atoms with Crippen LogP contribution in [0.1, 0.15) is 42.9 Å². The van der Waals surface area contributed by atoms with Gasteiger partial charge in [-0.25, -0.2) is 4.79 Å². The predicted molar refractivity (Wildman–Crippen MR) is 132 cm³/mol. The van der Waals surface area contributed by atoms with Gasteiger partial charge in [-0.2, -0.15) is 0 Å². The van der Waals surface area contributed by atoms with E-state index in [1.807, 2.05) is 24.3 Å². The van der Waals surface area contributed by atoms with Crippen molar-refractivity contribution in [1.82, 2.24) is 4.90 Å². The fraction of sp³-hybridized carbons (Fsp3) is 0.444. The number of rotatable bonds is 7. The van der Waals surface area contributed by atoms with Crippen LogP contribution >= 0.6 is 15.9 Å². The van der Waals surface area contributed by atoms with Gasteiger partial charge in [-0.15, -0.1) is 0 Å². The summed E-state index contributed by atoms with van der Waals surface area (Å²) in [5, 5.41) is 10.8. The van der Waals surface area contributed by atoms with Crippen LogP contribution in [0.25, 0.3) is 5.57 Å². The number of fused-ring (bicyclic) bond motifs is 1. The van der Waals surface area contributed by atoms with Crippen molar-refractivity contribution in [3.63, 3.8) is 0 Å². The van der Waals surface area contributed by atoms with Crippen molar-refractivity contribution >= 4 is 27.5 Å². The average molecular weight is 516 g/mol. The van der Waals surface area contributed by atoms with Crippen LogP contribution in [0.5, 0.6) is 0 Å². The number of ether oxygens (including phenoxy) is 1. The highest BCUT2D eigenvalue weighted by molar-refractivity contribution is 9.11. The van der Waals surface area contributed by atoms with E-state index in [9.17, 15) is 14.3 Å². The molecule has 2 unspecified atom stereocenters. The van der Waals surface area contributed by atoms with Crippen molar-refractivity contribution < 1.29 is 19.0 Å². The second-order valence-electron chi connectivity index (χ2n) is 9.12. The topological polar surface area (TPSA) is 49.8 Å². The summed E-state index contributed by atoms with van der Waals surface area (Å²) >= 11 is 3.82. The van der Waals surface area contributed by atoms with Crippen molar-refractivity contribution in [2.24, 2.45) is 11.8 Å². The molecule has 0 radical (unpaired) electrons. The zero-order valence-electron chi connectivity index (χ0n) is 19.0. The van der Waals surface area contributed by atoms with Crippen LogP contribution in [-0.4, -0.2) is 49.4 Å². The van der Waals surface area contributed by atoms with Crippen LogP contribution in [0.15, 0.2) is 64.2 Å². The van der Waals surface area contributed by atoms with E-state index in [1.165, 1.54) is 18.3 Å². The van der Waals surface area contributed by atoms with E-state index in [1.54, 1.807) is 0 Å². The van der Waals surface area contributed by atoms with Crippen LogP contribution in [0, 0.1) is 11.8 Å². The van der Waals surface area contributed by atoms with E-state index in [4.69, 9.17) is 4.74 Å². The molecule has 6 heteroatoms. The molecule has 1 saturated heterocycles. The van der Waals surface area contributed by atoms with Crippen molar-refractivity contribution in [3.8, 4) is 0 Å². The van der Waals surface area contributed by atoms with E-state index < -0.39 is 6.10 Å². The molecule has 2 aliphatic carbocycles. The zero-order valence-corrected chi connectivity index (χ0v) is 20.6. The Morgan fingerprint density at radius 2 is 2.00 bits per heavy atom. The number of alkyl halides is 1. The summed E-state index contributed by atoms with van der Waals surface area (Å²) in [6.07, 6.45) is 6.64. The lowest BCUT2D eigenvalue weighted by Gasteiger charge is -2.41. The number of benzene rings is 1. The molecule has 1 fully saturated rings. The molecule has 1 N–H and O–H groups in total. The van der Waals surface area contributed by atoms with E-state index in [0.717, 1.165) is 60.1 Å². The molecule has 4 rings (SSSR count). The van der Waals surface area contributed by atoms with Gasteiger partial charge in [-0.3, -0.25) is 4.39 Å². The maximum atomic E-state index is 12.4. The third kappa shape index (κ3) is 5.08. The normalized spacial score (nSPS) is 22.7. The predicted octanol–water partition coefficient (Wildman–Crippen LogP) is 5.51. The Morgan fingerprint density at radius 3 is 2.67 bits per heavy atom. The first-order valence-corrected chi connectivity index (χ1v) is 12.4. The van der Waals surface area contributed by atoms with Crippen molar-refractivity contribution in [2.75, 3.05) is 33.4 Å². The number of aliphatic hydroxyl groups excluding tert-OH is 1. The molecule has 176 valence electrons. The molecule has 3 aliphatic rings. The Kier molecular flexibility index (Phi) is 7.67. The number of hydrogen-bond donors (Lipinski definition) is 1. The number of carbonyl (C=O) groups excluding carboxylic acids is 1. The van der Waals surface area contributed by atoms with Gasteiger partial charge in [0.15, 0.2) is 0 Å². The van der Waals surface area contributed by atoms with Gasteiger partial charge >= 0.3 is 5.97 Å². The van der Waals surface area contributed by atoms with Crippen LogP contribution < -0.4 is 0 Å². The molecule has 2 atom stereocenters. The summed E-state index contributed by atoms with van der Waals surface area (Å²) in [6.45, 7) is 6.37. The van der Waals surface area contributed by atoms with E-state index in [2.05, 4.69) is 39.5 Å². The second-order valence-corrected chi connectivity index (χ2v) is 10.1. The molecule has 1 aromatic rings. The summed E-state index contributed by atoms with van der Waals surface area (Å²) in [6, 6.07) is 8.16. The molecule has 0 saturated carbocycles. The summed E-state index contributed by atoms with van der Waals surface area (Å²) in [5.74, 6) is -0.135. The summed E-state index contributed by atoms with van der Waals surface area (Å²) in [5.41, 5.74) is 5.78. The molecule has 0 spiro atoms. The highest BCUT2D eigenvalue weighted by atomic mass is 79.9. The lowest BCUT2D eigenvalue weighted by atomic mass is 9.77. The standard InChI is InChI=1S/C27H31BrFNO3/c1-17-13-21(27(32)33-2)14-20-5-3-6-23(28)25(24(17)20)18-7-9-19(10-8-18)26(31)22-15-30(16-22)12-4-11-29/h7-10,13-14,22,24,26,31H,1,3-6,11-12,15-16H2,2H3. The summed E-state index contributed by atoms with van der Waals surface area (Å²) in [4.78, 5) is 14.3. The van der Waals surface area contributed by atoms with Gasteiger partial charge in [-0.1, -0.05) is 52.3 Å². The zero-order chi connectivity index (χ0) is 23.5. The van der Waals surface area contributed by atoms with Gasteiger partial charge in [0.25, 0.3) is 0 Å². The van der Waals surface area contributed by atoms with Gasteiger partial charge in [0.05, 0.1) is 25.5 Å². The number of likely N-dealkylation sites (tertiary alicyclic amines) is 1. The number of allylic oxidation sites excluding steroid dienone is 5. The molecule has 4 nitrogen and oxygen atoms in total. The summed E-state index contributed by atoms with van der Waals surface area (Å²) in [7, 11) is 1.40. The molecule has 1 heterocycles. The van der Waals surface area contributed by atoms with Crippen molar-refractivity contribution in [2.45, 2.75) is 31.8 Å². The third-order valence-corrected chi connectivity index (χ3v) is 7.71. The highest BCUT2D eigenvalue weighted by Gasteiger charge is 2.34. The lowest BCUT2D eigenvalue weighted by molar-refractivity contribution is -0.135. The van der Waals surface area contributed by atoms with Crippen LogP contribution in [0.3, 0.4) is 0 Å². The van der Waals surface area contributed by atoms with Crippen LogP contribution in [-0.2, 0) is 9.53 Å². The van der Waals surface area contributed by atoms with Gasteiger partial charge < -0.3 is 14.7 Å². The van der Waals surface area contributed by atoms with Gasteiger partial charge in [0.2, 0.25) is 0 Å². The maximum Gasteiger partial charge on any atom is 0.337 e. The Bertz CT molecular complexity index is 1000. The number of methoxy groups -OCH3 is 1. The number of esters is 1. The van der Waals surface area contributed by atoms with Crippen molar-refractivity contribution in [1.29, 1.82) is 0 Å². The number of nitrogens with zero attached hydrogens (tertiary/aromatic N) is 1. The first kappa shape index (κ1) is 24.1. The molecular formula is C27H31BrFNO3. The van der Waals surface area contributed by atoms with Gasteiger partial charge in [0.1, 0.15) is 0 Å². The Balaban J connectivity index is 1.53. The number of halogens is 2. The number of carbonyl (C=O) groups is 1. The van der Waals surface area contributed by atoms with Crippen molar-refractivity contribution in [3.05, 3.63) is 75.3 Å². The minimum absolute atomic E-state index is 0.0155. The Morgan fingerprint density at radius 1 is 1.27 bits per heavy atom. The Hall–Kier alpha value is -2.02. The lowest BCUT2D eigenvalue weighted by Crippen LogP contribution is -2.49. The molecule has 0 amide bonds. The first-order chi connectivity index (χ1) is 15.9. The summed E-state index contributed by atoms with van der Waals surface area (Å²) < 4.78 is 18.4. The third-order valence-electron chi connectivity index (χ3n) is 6.89. The number of hydrogen-bond acceptors (Lipinski definition) is 4. The second kappa shape index (κ2) is 10.5. The molecule has 0 bridgehead atoms. The maximum absolute atomic E-state index is 12.4. The Labute approximate surface area is 203 Å². The minimum Gasteiger partial charge on any atom is -0.465 e. The molecule has 33 heavy (non-hydrogen) atoms. The first-order valence-electron chi connectivity index (χ1n) is 11.6. The smallest absolute Gasteiger partial charge is 0.337 e. The molecule has 1 aliphatic heterocycles. The van der Waals surface area contributed by atoms with E-state index in [-0.39, 0.29) is 24.5 Å². The van der Waals surface area contributed by atoms with E-state index >= 15 is 0 Å². The van der Waals surface area contributed by atoms with Gasteiger partial charge in [0, 0.05) is 31.5 Å². The fourth-order valence-corrected chi connectivity index (χ4v) is 5.88. The molecule has 0 aromatic heterocycles. The van der Waals surface area contributed by atoms with Crippen LogP contribution in [0.2, 0.25) is 0 Å². The SMILES string of the molecule is C=C1C=C(C(=O)OC)C=C2CCCC(Br)=C(c3ccc(C(O)C4CN(CCCF)C4)cc3)C12. The molecular weight excluding hydrogens is 485 g/mol. The van der Waals surface area contributed by atoms with Crippen LogP contribution in [0.4, 0.5) is 4.39 Å². The van der Waals surface area contributed by atoms with E-state index in [0.29, 0.717) is 12.0 Å². The fourth-order valence-electron chi connectivity index (χ4n) is 5.14. The monoisotopic (exact) mass is 515 g/mol. The quantitative estimate of drug-likeness (QED) is 0.486. The molecule has 1 aromatic carbocycles.